The third-order valence-corrected chi connectivity index (χ3v) is 7.90. The van der Waals surface area contributed by atoms with Gasteiger partial charge in [-0.25, -0.2) is 18.2 Å². The standard InChI is InChI=1S/C23H27ClF3N5O/c24-20-17(27)18-15(10-28-20)21(32-8-3-1-2-5-14-16(26)19(14)32)30-22(29-18)33-12-23-6-4-7-31(23)11-13(25)9-23/h10,13-14,16,19H,1-9,11-12H2/t13-,14+,16-,19+,23+/m1/s1/i12D2. The number of ether oxygens (including phenoxy) is 1. The van der Waals surface area contributed by atoms with Crippen molar-refractivity contribution in [2.24, 2.45) is 5.92 Å². The molecule has 0 aromatic carbocycles. The maximum atomic E-state index is 15.1. The Bertz CT molecular complexity index is 1160. The highest BCUT2D eigenvalue weighted by Gasteiger charge is 2.55. The molecule has 2 aromatic heterocycles. The fraction of sp³-hybridized carbons (Fsp3) is 0.696. The van der Waals surface area contributed by atoms with E-state index in [4.69, 9.17) is 19.1 Å². The summed E-state index contributed by atoms with van der Waals surface area (Å²) in [6.45, 7) is -1.08. The van der Waals surface area contributed by atoms with Gasteiger partial charge in [-0.2, -0.15) is 9.97 Å². The van der Waals surface area contributed by atoms with Crippen LogP contribution in [-0.2, 0) is 0 Å². The molecule has 4 aliphatic rings. The Morgan fingerprint density at radius 3 is 2.97 bits per heavy atom. The first-order valence-corrected chi connectivity index (χ1v) is 12.1. The van der Waals surface area contributed by atoms with Gasteiger partial charge in [-0.05, 0) is 32.2 Å². The molecular weight excluding hydrogens is 455 g/mol. The topological polar surface area (TPSA) is 54.4 Å². The van der Waals surface area contributed by atoms with Crippen molar-refractivity contribution in [3.63, 3.8) is 0 Å². The third kappa shape index (κ3) is 3.62. The lowest BCUT2D eigenvalue weighted by molar-refractivity contribution is 0.107. The van der Waals surface area contributed by atoms with Crippen molar-refractivity contribution in [2.45, 2.75) is 68.9 Å². The summed E-state index contributed by atoms with van der Waals surface area (Å²) in [5, 5.41) is -0.114. The zero-order valence-corrected chi connectivity index (χ0v) is 18.9. The highest BCUT2D eigenvalue weighted by molar-refractivity contribution is 6.30. The number of hydrogen-bond acceptors (Lipinski definition) is 6. The molecule has 3 aliphatic heterocycles. The van der Waals surface area contributed by atoms with Gasteiger partial charge >= 0.3 is 6.01 Å². The summed E-state index contributed by atoms with van der Waals surface area (Å²) in [4.78, 5) is 16.2. The van der Waals surface area contributed by atoms with Crippen molar-refractivity contribution in [2.75, 3.05) is 31.1 Å². The Balaban J connectivity index is 1.43. The molecule has 178 valence electrons. The van der Waals surface area contributed by atoms with Crippen molar-refractivity contribution in [3.05, 3.63) is 17.2 Å². The molecule has 0 N–H and O–H groups in total. The van der Waals surface area contributed by atoms with E-state index in [9.17, 15) is 8.78 Å². The van der Waals surface area contributed by atoms with E-state index < -0.39 is 30.3 Å². The van der Waals surface area contributed by atoms with Crippen molar-refractivity contribution in [1.29, 1.82) is 0 Å². The second-order valence-electron chi connectivity index (χ2n) is 9.68. The first-order chi connectivity index (χ1) is 16.7. The van der Waals surface area contributed by atoms with Crippen LogP contribution in [0.15, 0.2) is 6.20 Å². The smallest absolute Gasteiger partial charge is 0.319 e. The van der Waals surface area contributed by atoms with Gasteiger partial charge in [0, 0.05) is 31.6 Å². The van der Waals surface area contributed by atoms with Gasteiger partial charge in [0.1, 0.15) is 30.2 Å². The molecule has 1 saturated carbocycles. The van der Waals surface area contributed by atoms with E-state index in [0.717, 1.165) is 32.1 Å². The minimum atomic E-state index is -2.33. The maximum Gasteiger partial charge on any atom is 0.319 e. The van der Waals surface area contributed by atoms with E-state index in [-0.39, 0.29) is 52.8 Å². The lowest BCUT2D eigenvalue weighted by Gasteiger charge is -2.31. The van der Waals surface area contributed by atoms with Crippen LogP contribution >= 0.6 is 11.6 Å². The molecule has 5 atom stereocenters. The Kier molecular flexibility index (Phi) is 4.78. The number of hydrogen-bond donors (Lipinski definition) is 0. The molecule has 6 nitrogen and oxygen atoms in total. The Morgan fingerprint density at radius 2 is 2.09 bits per heavy atom. The fourth-order valence-electron chi connectivity index (χ4n) is 5.95. The summed E-state index contributed by atoms with van der Waals surface area (Å²) in [5.74, 6) is -0.733. The zero-order valence-electron chi connectivity index (χ0n) is 20.1. The van der Waals surface area contributed by atoms with Crippen molar-refractivity contribution >= 4 is 28.3 Å². The number of halogens is 4. The van der Waals surface area contributed by atoms with E-state index >= 15 is 4.39 Å². The maximum absolute atomic E-state index is 15.1. The van der Waals surface area contributed by atoms with E-state index in [2.05, 4.69) is 15.0 Å². The van der Waals surface area contributed by atoms with Gasteiger partial charge in [0.2, 0.25) is 0 Å². The van der Waals surface area contributed by atoms with Crippen LogP contribution in [0, 0.1) is 11.7 Å². The molecule has 5 heterocycles. The summed E-state index contributed by atoms with van der Waals surface area (Å²) in [6.07, 6.45) is 3.87. The Morgan fingerprint density at radius 1 is 1.21 bits per heavy atom. The largest absolute Gasteiger partial charge is 0.461 e. The van der Waals surface area contributed by atoms with Crippen LogP contribution in [0.3, 0.4) is 0 Å². The molecule has 0 bridgehead atoms. The van der Waals surface area contributed by atoms with Gasteiger partial charge in [-0.1, -0.05) is 24.4 Å². The van der Waals surface area contributed by atoms with Gasteiger partial charge < -0.3 is 9.64 Å². The first-order valence-electron chi connectivity index (χ1n) is 12.7. The molecule has 0 unspecified atom stereocenters. The molecule has 0 spiro atoms. The van der Waals surface area contributed by atoms with Crippen molar-refractivity contribution in [1.82, 2.24) is 19.9 Å². The second kappa shape index (κ2) is 8.12. The van der Waals surface area contributed by atoms with Gasteiger partial charge in [0.25, 0.3) is 0 Å². The number of anilines is 1. The number of aromatic nitrogens is 3. The molecule has 3 saturated heterocycles. The average molecular weight is 484 g/mol. The SMILES string of the molecule is [2H]C([2H])(Oc1nc(N2CCCCC[C@H]3[C@@H](F)[C@H]32)c2cnc(Cl)c(F)c2n1)[C@@]12CCCN1C[C@H](F)C2. The molecule has 2 aromatic rings. The summed E-state index contributed by atoms with van der Waals surface area (Å²) in [5.41, 5.74) is -1.31. The van der Waals surface area contributed by atoms with Crippen LogP contribution in [0.25, 0.3) is 10.9 Å². The Labute approximate surface area is 198 Å². The van der Waals surface area contributed by atoms with Crippen molar-refractivity contribution in [3.8, 4) is 6.01 Å². The molecule has 33 heavy (non-hydrogen) atoms. The summed E-state index contributed by atoms with van der Waals surface area (Å²) < 4.78 is 67.5. The summed E-state index contributed by atoms with van der Waals surface area (Å²) >= 11 is 5.93. The molecular formula is C23H27ClF3N5O. The van der Waals surface area contributed by atoms with E-state index in [1.807, 2.05) is 4.90 Å². The molecule has 0 radical (unpaired) electrons. The van der Waals surface area contributed by atoms with Crippen LogP contribution in [0.2, 0.25) is 5.15 Å². The lowest BCUT2D eigenvalue weighted by atomic mass is 9.95. The predicted molar refractivity (Wildman–Crippen MR) is 119 cm³/mol. The molecule has 6 rings (SSSR count). The minimum Gasteiger partial charge on any atom is -0.461 e. The van der Waals surface area contributed by atoms with E-state index in [1.54, 1.807) is 4.90 Å². The second-order valence-corrected chi connectivity index (χ2v) is 10.0. The number of pyridine rings is 1. The predicted octanol–water partition coefficient (Wildman–Crippen LogP) is 4.49. The fourth-order valence-corrected chi connectivity index (χ4v) is 6.09. The van der Waals surface area contributed by atoms with Crippen LogP contribution in [0.4, 0.5) is 19.0 Å². The zero-order chi connectivity index (χ0) is 24.5. The van der Waals surface area contributed by atoms with Gasteiger partial charge in [0.15, 0.2) is 11.0 Å². The van der Waals surface area contributed by atoms with Crippen LogP contribution < -0.4 is 9.64 Å². The summed E-state index contributed by atoms with van der Waals surface area (Å²) in [6, 6.07) is -0.764. The van der Waals surface area contributed by atoms with Gasteiger partial charge in [-0.3, -0.25) is 4.90 Å². The minimum absolute atomic E-state index is 0.00393. The Hall–Kier alpha value is -1.87. The van der Waals surface area contributed by atoms with Crippen LogP contribution in [-0.4, -0.2) is 70.0 Å². The van der Waals surface area contributed by atoms with Gasteiger partial charge in [0.05, 0.1) is 19.7 Å². The number of fused-ring (bicyclic) bond motifs is 3. The summed E-state index contributed by atoms with van der Waals surface area (Å²) in [7, 11) is 0. The average Bonchev–Trinajstić information content (AvgIpc) is 3.08. The van der Waals surface area contributed by atoms with E-state index in [0.29, 0.717) is 19.5 Å². The number of nitrogens with zero attached hydrogens (tertiary/aromatic N) is 5. The van der Waals surface area contributed by atoms with Crippen LogP contribution in [0.5, 0.6) is 6.01 Å². The number of rotatable bonds is 4. The van der Waals surface area contributed by atoms with E-state index in [1.165, 1.54) is 6.20 Å². The highest BCUT2D eigenvalue weighted by atomic mass is 35.5. The third-order valence-electron chi connectivity index (χ3n) is 7.64. The quantitative estimate of drug-likeness (QED) is 0.597. The molecule has 0 amide bonds. The van der Waals surface area contributed by atoms with Gasteiger partial charge in [-0.15, -0.1) is 0 Å². The molecule has 10 heteroatoms. The number of alkyl halides is 2. The lowest BCUT2D eigenvalue weighted by Crippen LogP contribution is -2.43. The highest BCUT2D eigenvalue weighted by Crippen LogP contribution is 2.47. The first kappa shape index (κ1) is 19.4. The van der Waals surface area contributed by atoms with Crippen molar-refractivity contribution < 1.29 is 20.6 Å². The normalized spacial score (nSPS) is 35.5. The monoisotopic (exact) mass is 483 g/mol. The molecule has 4 fully saturated rings. The van der Waals surface area contributed by atoms with Crippen LogP contribution in [0.1, 0.15) is 47.7 Å². The molecule has 1 aliphatic carbocycles.